The second-order valence-corrected chi connectivity index (χ2v) is 7.50. The lowest BCUT2D eigenvalue weighted by atomic mass is 10.1. The van der Waals surface area contributed by atoms with Crippen LogP contribution in [0.5, 0.6) is 5.75 Å². The first-order valence-electron chi connectivity index (χ1n) is 10.3. The molecule has 8 heteroatoms. The number of nitrogens with one attached hydrogen (secondary N) is 1. The SMILES string of the molecule is COC(=O)COc1ccc(-n2c(C)cc(C=C3C(=O)NN(c4ccccc4)C3=O)c2C)cc1. The molecule has 1 aliphatic heterocycles. The molecule has 0 atom stereocenters. The zero-order chi connectivity index (χ0) is 23.5. The molecular weight excluding hydrogens is 422 g/mol. The molecule has 1 aromatic heterocycles. The molecule has 1 N–H and O–H groups in total. The zero-order valence-corrected chi connectivity index (χ0v) is 18.5. The second kappa shape index (κ2) is 9.04. The summed E-state index contributed by atoms with van der Waals surface area (Å²) in [5.41, 5.74) is 6.76. The van der Waals surface area contributed by atoms with Crippen LogP contribution in [-0.2, 0) is 19.1 Å². The number of carbonyl (C=O) groups is 3. The van der Waals surface area contributed by atoms with E-state index in [0.29, 0.717) is 11.4 Å². The monoisotopic (exact) mass is 445 g/mol. The number of hydrogen-bond acceptors (Lipinski definition) is 5. The van der Waals surface area contributed by atoms with Crippen LogP contribution >= 0.6 is 0 Å². The Kier molecular flexibility index (Phi) is 5.99. The van der Waals surface area contributed by atoms with Gasteiger partial charge in [0.15, 0.2) is 6.61 Å². The smallest absolute Gasteiger partial charge is 0.343 e. The number of rotatable bonds is 6. The zero-order valence-electron chi connectivity index (χ0n) is 18.5. The van der Waals surface area contributed by atoms with Crippen LogP contribution in [0.25, 0.3) is 11.8 Å². The normalized spacial score (nSPS) is 14.5. The summed E-state index contributed by atoms with van der Waals surface area (Å²) in [6.45, 7) is 3.71. The molecule has 0 saturated carbocycles. The molecule has 3 aromatic rings. The van der Waals surface area contributed by atoms with Gasteiger partial charge in [-0.2, -0.15) is 0 Å². The molecule has 1 saturated heterocycles. The summed E-state index contributed by atoms with van der Waals surface area (Å²) < 4.78 is 12.0. The number of anilines is 1. The molecule has 0 aliphatic carbocycles. The fraction of sp³-hybridized carbons (Fsp3) is 0.160. The maximum absolute atomic E-state index is 12.9. The maximum Gasteiger partial charge on any atom is 0.343 e. The molecule has 2 heterocycles. The molecule has 2 aromatic carbocycles. The van der Waals surface area contributed by atoms with E-state index >= 15 is 0 Å². The van der Waals surface area contributed by atoms with Gasteiger partial charge in [0.2, 0.25) is 0 Å². The highest BCUT2D eigenvalue weighted by Crippen LogP contribution is 2.26. The van der Waals surface area contributed by atoms with Crippen molar-refractivity contribution in [1.82, 2.24) is 9.99 Å². The van der Waals surface area contributed by atoms with Crippen LogP contribution in [0.2, 0.25) is 0 Å². The minimum absolute atomic E-state index is 0.0747. The lowest BCUT2D eigenvalue weighted by Gasteiger charge is -2.13. The lowest BCUT2D eigenvalue weighted by molar-refractivity contribution is -0.142. The summed E-state index contributed by atoms with van der Waals surface area (Å²) >= 11 is 0. The number of amides is 2. The Balaban J connectivity index is 1.59. The average Bonchev–Trinajstić information content (AvgIpc) is 3.27. The first-order chi connectivity index (χ1) is 15.9. The summed E-state index contributed by atoms with van der Waals surface area (Å²) in [4.78, 5) is 36.6. The number of hydrazine groups is 1. The van der Waals surface area contributed by atoms with Gasteiger partial charge in [0.05, 0.1) is 12.8 Å². The summed E-state index contributed by atoms with van der Waals surface area (Å²) in [6.07, 6.45) is 1.62. The van der Waals surface area contributed by atoms with E-state index in [9.17, 15) is 14.4 Å². The Labute approximate surface area is 191 Å². The summed E-state index contributed by atoms with van der Waals surface area (Å²) in [6, 6.07) is 18.2. The number of aromatic nitrogens is 1. The van der Waals surface area contributed by atoms with Crippen molar-refractivity contribution in [1.29, 1.82) is 0 Å². The van der Waals surface area contributed by atoms with E-state index in [2.05, 4.69) is 10.2 Å². The molecule has 33 heavy (non-hydrogen) atoms. The number of para-hydroxylation sites is 1. The van der Waals surface area contributed by atoms with Gasteiger partial charge in [-0.15, -0.1) is 0 Å². The highest BCUT2D eigenvalue weighted by molar-refractivity contribution is 6.31. The van der Waals surface area contributed by atoms with Crippen LogP contribution in [-0.4, -0.2) is 36.1 Å². The summed E-state index contributed by atoms with van der Waals surface area (Å²) in [5.74, 6) is -0.753. The Morgan fingerprint density at radius 1 is 1.00 bits per heavy atom. The van der Waals surface area contributed by atoms with E-state index in [1.165, 1.54) is 12.1 Å². The number of esters is 1. The Bertz CT molecular complexity index is 1240. The van der Waals surface area contributed by atoms with Gasteiger partial charge >= 0.3 is 5.97 Å². The van der Waals surface area contributed by atoms with Gasteiger partial charge in [-0.1, -0.05) is 18.2 Å². The summed E-state index contributed by atoms with van der Waals surface area (Å²) in [7, 11) is 1.31. The molecule has 1 aliphatic rings. The largest absolute Gasteiger partial charge is 0.482 e. The Morgan fingerprint density at radius 3 is 2.36 bits per heavy atom. The number of aryl methyl sites for hydroxylation is 1. The predicted octanol–water partition coefficient (Wildman–Crippen LogP) is 3.11. The van der Waals surface area contributed by atoms with E-state index in [1.807, 2.05) is 42.7 Å². The van der Waals surface area contributed by atoms with Crippen LogP contribution in [0, 0.1) is 13.8 Å². The molecule has 0 unspecified atom stereocenters. The standard InChI is InChI=1S/C25H23N3O5/c1-16-13-18(14-22-24(30)26-28(25(22)31)20-7-5-4-6-8-20)17(2)27(16)19-9-11-21(12-10-19)33-15-23(29)32-3/h4-14H,15H2,1-3H3,(H,26,30). The second-order valence-electron chi connectivity index (χ2n) is 7.50. The van der Waals surface area contributed by atoms with Crippen molar-refractivity contribution < 1.29 is 23.9 Å². The van der Waals surface area contributed by atoms with Gasteiger partial charge in [0.25, 0.3) is 11.8 Å². The minimum Gasteiger partial charge on any atom is -0.482 e. The number of carbonyl (C=O) groups excluding carboxylic acids is 3. The molecular formula is C25H23N3O5. The molecule has 8 nitrogen and oxygen atoms in total. The van der Waals surface area contributed by atoms with Gasteiger partial charge in [-0.25, -0.2) is 9.80 Å². The number of nitrogens with zero attached hydrogens (tertiary/aromatic N) is 2. The first-order valence-corrected chi connectivity index (χ1v) is 10.3. The van der Waals surface area contributed by atoms with Crippen molar-refractivity contribution in [3.8, 4) is 11.4 Å². The number of benzene rings is 2. The number of hydrogen-bond donors (Lipinski definition) is 1. The fourth-order valence-corrected chi connectivity index (χ4v) is 3.70. The Morgan fingerprint density at radius 2 is 1.70 bits per heavy atom. The van der Waals surface area contributed by atoms with Gasteiger partial charge in [-0.3, -0.25) is 15.0 Å². The van der Waals surface area contributed by atoms with Crippen LogP contribution in [0.15, 0.2) is 66.2 Å². The van der Waals surface area contributed by atoms with Gasteiger partial charge in [0.1, 0.15) is 11.3 Å². The van der Waals surface area contributed by atoms with Crippen molar-refractivity contribution in [2.45, 2.75) is 13.8 Å². The maximum atomic E-state index is 12.9. The third-order valence-electron chi connectivity index (χ3n) is 5.36. The van der Waals surface area contributed by atoms with Gasteiger partial charge < -0.3 is 14.0 Å². The van der Waals surface area contributed by atoms with Gasteiger partial charge in [-0.05, 0) is 68.0 Å². The molecule has 0 spiro atoms. The molecule has 4 rings (SSSR count). The van der Waals surface area contributed by atoms with E-state index in [0.717, 1.165) is 22.6 Å². The Hall–Kier alpha value is -4.33. The van der Waals surface area contributed by atoms with E-state index < -0.39 is 17.8 Å². The molecule has 1 fully saturated rings. The number of ether oxygens (including phenoxy) is 2. The van der Waals surface area contributed by atoms with Crippen molar-refractivity contribution >= 4 is 29.5 Å². The van der Waals surface area contributed by atoms with Crippen molar-refractivity contribution in [3.63, 3.8) is 0 Å². The third-order valence-corrected chi connectivity index (χ3v) is 5.36. The van der Waals surface area contributed by atoms with Crippen LogP contribution < -0.4 is 15.2 Å². The average molecular weight is 445 g/mol. The van der Waals surface area contributed by atoms with Crippen LogP contribution in [0.4, 0.5) is 5.69 Å². The highest BCUT2D eigenvalue weighted by Gasteiger charge is 2.34. The quantitative estimate of drug-likeness (QED) is 0.358. The van der Waals surface area contributed by atoms with E-state index in [4.69, 9.17) is 4.74 Å². The van der Waals surface area contributed by atoms with Crippen molar-refractivity contribution in [2.24, 2.45) is 0 Å². The molecule has 0 radical (unpaired) electrons. The molecule has 168 valence electrons. The van der Waals surface area contributed by atoms with Crippen LogP contribution in [0.1, 0.15) is 17.0 Å². The molecule has 2 amide bonds. The highest BCUT2D eigenvalue weighted by atomic mass is 16.6. The third kappa shape index (κ3) is 4.36. The van der Waals surface area contributed by atoms with Crippen molar-refractivity contribution in [3.05, 3.63) is 83.2 Å². The van der Waals surface area contributed by atoms with Crippen molar-refractivity contribution in [2.75, 3.05) is 18.7 Å². The fourth-order valence-electron chi connectivity index (χ4n) is 3.70. The minimum atomic E-state index is -0.454. The lowest BCUT2D eigenvalue weighted by Crippen LogP contribution is -2.35. The topological polar surface area (TPSA) is 89.9 Å². The van der Waals surface area contributed by atoms with Gasteiger partial charge in [0, 0.05) is 17.1 Å². The number of methoxy groups -OCH3 is 1. The first kappa shape index (κ1) is 21.9. The summed E-state index contributed by atoms with van der Waals surface area (Å²) in [5, 5.41) is 1.25. The van der Waals surface area contributed by atoms with E-state index in [-0.39, 0.29) is 12.2 Å². The van der Waals surface area contributed by atoms with E-state index in [1.54, 1.807) is 42.5 Å². The predicted molar refractivity (Wildman–Crippen MR) is 123 cm³/mol. The van der Waals surface area contributed by atoms with Crippen LogP contribution in [0.3, 0.4) is 0 Å². The molecule has 0 bridgehead atoms.